The molecule has 0 bridgehead atoms. The molecule has 0 unspecified atom stereocenters. The first kappa shape index (κ1) is 17.3. The number of hydrogen-bond acceptors (Lipinski definition) is 2. The number of unbranched alkanes of at least 4 members (excludes halogenated alkanes) is 2. The second kappa shape index (κ2) is 8.06. The van der Waals surface area contributed by atoms with E-state index in [9.17, 15) is 0 Å². The smallest absolute Gasteiger partial charge is 0.144 e. The lowest BCUT2D eigenvalue weighted by atomic mass is 10.0. The van der Waals surface area contributed by atoms with Gasteiger partial charge in [-0.15, -0.1) is 0 Å². The van der Waals surface area contributed by atoms with E-state index in [4.69, 9.17) is 9.73 Å². The van der Waals surface area contributed by atoms with Crippen molar-refractivity contribution >= 4 is 11.8 Å². The van der Waals surface area contributed by atoms with Gasteiger partial charge in [0.05, 0.1) is 29.4 Å². The van der Waals surface area contributed by atoms with Crippen molar-refractivity contribution in [2.24, 2.45) is 4.99 Å². The van der Waals surface area contributed by atoms with Crippen LogP contribution in [0, 0.1) is 0 Å². The summed E-state index contributed by atoms with van der Waals surface area (Å²) in [5.74, 6) is 0.861. The van der Waals surface area contributed by atoms with Gasteiger partial charge in [-0.3, -0.25) is 4.99 Å². The first-order valence-electron chi connectivity index (χ1n) is 9.18. The molecule has 4 nitrogen and oxygen atoms in total. The van der Waals surface area contributed by atoms with Crippen LogP contribution in [-0.2, 0) is 0 Å². The zero-order chi connectivity index (χ0) is 17.6. The summed E-state index contributed by atoms with van der Waals surface area (Å²) in [5.41, 5.74) is 6.51. The van der Waals surface area contributed by atoms with Gasteiger partial charge in [0.15, 0.2) is 0 Å². The number of aromatic nitrogens is 2. The summed E-state index contributed by atoms with van der Waals surface area (Å²) in [4.78, 5) is 11.4. The summed E-state index contributed by atoms with van der Waals surface area (Å²) in [7, 11) is 0. The Bertz CT molecular complexity index is 791. The van der Waals surface area contributed by atoms with Crippen LogP contribution in [0.3, 0.4) is 0 Å². The van der Waals surface area contributed by atoms with Gasteiger partial charge in [0.25, 0.3) is 0 Å². The minimum Gasteiger partial charge on any atom is -0.492 e. The van der Waals surface area contributed by atoms with Crippen LogP contribution < -0.4 is 4.74 Å². The van der Waals surface area contributed by atoms with Crippen LogP contribution in [0.4, 0.5) is 0 Å². The summed E-state index contributed by atoms with van der Waals surface area (Å²) in [6.07, 6.45) is 11.1. The Hall–Kier alpha value is -2.49. The van der Waals surface area contributed by atoms with Crippen LogP contribution in [0.2, 0.25) is 0 Å². The lowest BCUT2D eigenvalue weighted by Crippen LogP contribution is -1.92. The molecule has 0 radical (unpaired) electrons. The van der Waals surface area contributed by atoms with Crippen molar-refractivity contribution in [3.63, 3.8) is 0 Å². The Labute approximate surface area is 149 Å². The highest BCUT2D eigenvalue weighted by molar-refractivity contribution is 6.02. The third-order valence-corrected chi connectivity index (χ3v) is 4.42. The van der Waals surface area contributed by atoms with E-state index in [-0.39, 0.29) is 0 Å². The van der Waals surface area contributed by atoms with Crippen molar-refractivity contribution in [3.8, 4) is 17.1 Å². The van der Waals surface area contributed by atoms with E-state index in [0.29, 0.717) is 6.61 Å². The molecule has 0 fully saturated rings. The molecular weight excluding hydrogens is 310 g/mol. The summed E-state index contributed by atoms with van der Waals surface area (Å²) < 4.78 is 5.80. The minimum absolute atomic E-state index is 0.637. The topological polar surface area (TPSA) is 53.2 Å². The molecule has 2 aromatic rings. The van der Waals surface area contributed by atoms with Crippen LogP contribution >= 0.6 is 0 Å². The van der Waals surface area contributed by atoms with Crippen molar-refractivity contribution in [1.29, 1.82) is 0 Å². The predicted octanol–water partition coefficient (Wildman–Crippen LogP) is 5.73. The van der Waals surface area contributed by atoms with Gasteiger partial charge < -0.3 is 14.7 Å². The van der Waals surface area contributed by atoms with E-state index < -0.39 is 0 Å². The molecular formula is C21H27N3O. The average molecular weight is 337 g/mol. The molecule has 3 heterocycles. The number of allylic oxidation sites excluding steroid dienone is 2. The van der Waals surface area contributed by atoms with E-state index in [1.54, 1.807) is 0 Å². The van der Waals surface area contributed by atoms with E-state index >= 15 is 0 Å². The quantitative estimate of drug-likeness (QED) is 0.594. The van der Waals surface area contributed by atoms with Crippen molar-refractivity contribution in [2.75, 3.05) is 6.61 Å². The van der Waals surface area contributed by atoms with Crippen LogP contribution in [0.5, 0.6) is 5.75 Å². The summed E-state index contributed by atoms with van der Waals surface area (Å²) in [6.45, 7) is 6.97. The predicted molar refractivity (Wildman–Crippen MR) is 105 cm³/mol. The molecule has 0 saturated carbocycles. The fourth-order valence-electron chi connectivity index (χ4n) is 3.10. The molecule has 0 amide bonds. The third kappa shape index (κ3) is 4.13. The molecule has 0 spiro atoms. The number of ether oxygens (including phenoxy) is 1. The van der Waals surface area contributed by atoms with Gasteiger partial charge in [0.1, 0.15) is 5.75 Å². The fraction of sp³-hybridized carbons (Fsp3) is 0.381. The zero-order valence-corrected chi connectivity index (χ0v) is 15.4. The highest BCUT2D eigenvalue weighted by Gasteiger charge is 2.14. The first-order chi connectivity index (χ1) is 12.2. The first-order valence-corrected chi connectivity index (χ1v) is 9.18. The van der Waals surface area contributed by atoms with Crippen LogP contribution in [-0.4, -0.2) is 22.3 Å². The van der Waals surface area contributed by atoms with E-state index in [2.05, 4.69) is 36.0 Å². The van der Waals surface area contributed by atoms with Crippen molar-refractivity contribution < 1.29 is 4.74 Å². The van der Waals surface area contributed by atoms with Gasteiger partial charge in [-0.05, 0) is 56.5 Å². The molecule has 1 aliphatic rings. The van der Waals surface area contributed by atoms with Crippen molar-refractivity contribution in [2.45, 2.75) is 46.5 Å². The Balaban J connectivity index is 1.85. The third-order valence-electron chi connectivity index (χ3n) is 4.42. The van der Waals surface area contributed by atoms with Gasteiger partial charge in [0, 0.05) is 18.0 Å². The molecule has 3 rings (SSSR count). The van der Waals surface area contributed by atoms with Crippen LogP contribution in [0.25, 0.3) is 17.5 Å². The number of aliphatic imine (C=N–C) groups is 1. The molecule has 25 heavy (non-hydrogen) atoms. The van der Waals surface area contributed by atoms with Crippen LogP contribution in [0.1, 0.15) is 52.1 Å². The zero-order valence-electron chi connectivity index (χ0n) is 15.4. The number of hydrogen-bond donors (Lipinski definition) is 2. The number of aromatic amines is 2. The lowest BCUT2D eigenvalue weighted by Gasteiger charge is -2.00. The molecule has 0 aliphatic carbocycles. The Morgan fingerprint density at radius 2 is 2.08 bits per heavy atom. The minimum atomic E-state index is 0.637. The number of nitrogens with zero attached hydrogens (tertiary/aromatic N) is 1. The van der Waals surface area contributed by atoms with E-state index in [0.717, 1.165) is 40.7 Å². The molecule has 2 aromatic heterocycles. The van der Waals surface area contributed by atoms with Crippen molar-refractivity contribution in [1.82, 2.24) is 9.97 Å². The van der Waals surface area contributed by atoms with E-state index in [1.807, 2.05) is 31.3 Å². The molecule has 0 atom stereocenters. The molecule has 0 saturated heterocycles. The van der Waals surface area contributed by atoms with Crippen LogP contribution in [0.15, 0.2) is 46.7 Å². The summed E-state index contributed by atoms with van der Waals surface area (Å²) >= 11 is 0. The second-order valence-electron chi connectivity index (χ2n) is 6.37. The standard InChI is InChI=1S/C21H27N3O/c1-4-6-7-9-16-12-17(23-15(16)3)13-20-21(25-5-2)14-19(24-20)18-10-8-11-22-18/h8,10-14,22,24H,4-7,9H2,1-3H3/b17-13-. The number of rotatable bonds is 8. The lowest BCUT2D eigenvalue weighted by molar-refractivity contribution is 0.340. The SMILES string of the molecule is CCCCCC1=C/C(=C/c2[nH]c(-c3ccc[nH]3)cc2OCC)N=C1C. The van der Waals surface area contributed by atoms with Gasteiger partial charge >= 0.3 is 0 Å². The average Bonchev–Trinajstić information content (AvgIpc) is 3.30. The normalized spacial score (nSPS) is 15.6. The monoisotopic (exact) mass is 337 g/mol. The Kier molecular flexibility index (Phi) is 5.59. The molecule has 4 heteroatoms. The Morgan fingerprint density at radius 1 is 1.20 bits per heavy atom. The molecule has 0 aromatic carbocycles. The highest BCUT2D eigenvalue weighted by Crippen LogP contribution is 2.30. The van der Waals surface area contributed by atoms with Gasteiger partial charge in [-0.25, -0.2) is 0 Å². The van der Waals surface area contributed by atoms with E-state index in [1.165, 1.54) is 24.8 Å². The largest absolute Gasteiger partial charge is 0.492 e. The summed E-state index contributed by atoms with van der Waals surface area (Å²) in [6, 6.07) is 6.08. The maximum Gasteiger partial charge on any atom is 0.144 e. The van der Waals surface area contributed by atoms with Gasteiger partial charge in [-0.1, -0.05) is 19.8 Å². The Morgan fingerprint density at radius 3 is 2.80 bits per heavy atom. The molecule has 1 aliphatic heterocycles. The maximum absolute atomic E-state index is 5.80. The fourth-order valence-corrected chi connectivity index (χ4v) is 3.10. The van der Waals surface area contributed by atoms with Gasteiger partial charge in [-0.2, -0.15) is 0 Å². The second-order valence-corrected chi connectivity index (χ2v) is 6.37. The van der Waals surface area contributed by atoms with Crippen molar-refractivity contribution in [3.05, 3.63) is 47.4 Å². The van der Waals surface area contributed by atoms with Gasteiger partial charge in [0.2, 0.25) is 0 Å². The number of nitrogens with one attached hydrogen (secondary N) is 2. The maximum atomic E-state index is 5.80. The molecule has 2 N–H and O–H groups in total. The summed E-state index contributed by atoms with van der Waals surface area (Å²) in [5, 5.41) is 0. The number of H-pyrrole nitrogens is 2. The molecule has 132 valence electrons. The highest BCUT2D eigenvalue weighted by atomic mass is 16.5.